The number of fused-ring (bicyclic) bond motifs is 9. The maximum atomic E-state index is 11.8. The number of rotatable bonds is 5. The zero-order chi connectivity index (χ0) is 52.5. The number of hydrogen-bond acceptors (Lipinski definition) is 4. The van der Waals surface area contributed by atoms with Crippen LogP contribution >= 0.6 is 0 Å². The van der Waals surface area contributed by atoms with Gasteiger partial charge in [-0.3, -0.25) is 0 Å². The molecule has 12 aromatic rings. The zero-order valence-electron chi connectivity index (χ0n) is 45.2. The van der Waals surface area contributed by atoms with Crippen molar-refractivity contribution in [2.45, 2.75) is 105 Å². The highest BCUT2D eigenvalue weighted by molar-refractivity contribution is 6.19. The van der Waals surface area contributed by atoms with Crippen LogP contribution in [0, 0.1) is 11.3 Å². The van der Waals surface area contributed by atoms with Crippen LogP contribution in [0.1, 0.15) is 111 Å². The van der Waals surface area contributed by atoms with Crippen molar-refractivity contribution in [3.05, 3.63) is 192 Å². The predicted molar refractivity (Wildman–Crippen MR) is 314 cm³/mol. The van der Waals surface area contributed by atoms with Crippen LogP contribution in [0.25, 0.3) is 111 Å². The summed E-state index contributed by atoms with van der Waals surface area (Å²) in [5, 5.41) is 18.2. The van der Waals surface area contributed by atoms with Crippen molar-refractivity contribution in [3.63, 3.8) is 0 Å². The first-order chi connectivity index (χ1) is 35.7. The minimum Gasteiger partial charge on any atom is -0.454 e. The summed E-state index contributed by atoms with van der Waals surface area (Å²) in [4.78, 5) is 10.6. The van der Waals surface area contributed by atoms with Gasteiger partial charge in [-0.2, -0.15) is 5.26 Å². The Bertz CT molecular complexity index is 4120. The molecular weight excluding hydrogens is 915 g/mol. The van der Waals surface area contributed by atoms with Crippen molar-refractivity contribution in [2.75, 3.05) is 0 Å². The minimum absolute atomic E-state index is 0.0766. The molecule has 8 aromatic carbocycles. The highest BCUT2D eigenvalue weighted by Crippen LogP contribution is 2.47. The number of hydrogen-bond donors (Lipinski definition) is 0. The molecule has 75 heavy (non-hydrogen) atoms. The van der Waals surface area contributed by atoms with E-state index in [1.54, 1.807) is 0 Å². The average Bonchev–Trinajstić information content (AvgIpc) is 4.09. The second-order valence-electron chi connectivity index (χ2n) is 24.7. The Labute approximate surface area is 439 Å². The summed E-state index contributed by atoms with van der Waals surface area (Å²) in [6.07, 6.45) is 0. The molecule has 0 atom stereocenters. The second kappa shape index (κ2) is 16.9. The lowest BCUT2D eigenvalue weighted by Crippen LogP contribution is -2.10. The predicted octanol–water partition coefficient (Wildman–Crippen LogP) is 18.6. The molecule has 0 aliphatic rings. The summed E-state index contributed by atoms with van der Waals surface area (Å²) >= 11 is 0. The van der Waals surface area contributed by atoms with E-state index in [4.69, 9.17) is 14.4 Å². The number of para-hydroxylation sites is 1. The molecule has 0 saturated heterocycles. The van der Waals surface area contributed by atoms with Gasteiger partial charge >= 0.3 is 0 Å². The van der Waals surface area contributed by atoms with E-state index in [2.05, 4.69) is 220 Å². The molecule has 4 heterocycles. The molecule has 0 aliphatic heterocycles. The molecule has 6 heteroatoms. The SMILES string of the molecule is CC(C)(C)c1ccc2c(c1)c1cc(C(C)(C)C)ccc1n2-c1cc(-n2c3ccc(C(C)(C)C)cc3c3cc(C(C)(C)C)ccc32)c2c(oc3c(-c4nc(-c5ccccc5)cc(-c5ccccc5)n4)cccc32)c1C#N. The van der Waals surface area contributed by atoms with Gasteiger partial charge in [0.05, 0.1) is 55.8 Å². The largest absolute Gasteiger partial charge is 0.454 e. The van der Waals surface area contributed by atoms with Gasteiger partial charge in [-0.1, -0.05) is 180 Å². The third-order valence-corrected chi connectivity index (χ3v) is 15.4. The standard InChI is InChI=1S/C69H63N5O/c1-66(2,3)43-26-30-56-49(34-43)50-35-44(67(4,5)6)27-31-57(50)73(56)60-39-61(74-58-32-28-45(68(7,8)9)36-51(58)52-37-46(69(10,11)12)29-33-59(52)74)62-47-24-19-25-48(63(47)75-64(62)53(60)40-70)65-71-54(41-20-15-13-16-21-41)38-55(72-65)42-22-17-14-18-23-42/h13-39H,1-12H3. The van der Waals surface area contributed by atoms with Crippen LogP contribution in [-0.4, -0.2) is 19.1 Å². The van der Waals surface area contributed by atoms with E-state index in [9.17, 15) is 5.26 Å². The topological polar surface area (TPSA) is 72.6 Å². The molecule has 0 bridgehead atoms. The van der Waals surface area contributed by atoms with Crippen molar-refractivity contribution >= 4 is 65.6 Å². The number of nitriles is 1. The molecule has 0 unspecified atom stereocenters. The van der Waals surface area contributed by atoms with Crippen molar-refractivity contribution < 1.29 is 4.42 Å². The lowest BCUT2D eigenvalue weighted by atomic mass is 9.85. The monoisotopic (exact) mass is 978 g/mol. The van der Waals surface area contributed by atoms with Gasteiger partial charge in [-0.15, -0.1) is 0 Å². The third-order valence-electron chi connectivity index (χ3n) is 15.4. The first-order valence-corrected chi connectivity index (χ1v) is 26.3. The molecule has 0 aliphatic carbocycles. The summed E-state index contributed by atoms with van der Waals surface area (Å²) in [6.45, 7) is 27.3. The normalized spacial score (nSPS) is 12.8. The Kier molecular flexibility index (Phi) is 10.7. The van der Waals surface area contributed by atoms with Gasteiger partial charge in [0.25, 0.3) is 0 Å². The van der Waals surface area contributed by atoms with Gasteiger partial charge in [-0.25, -0.2) is 9.97 Å². The van der Waals surface area contributed by atoms with Crippen LogP contribution in [-0.2, 0) is 21.7 Å². The fourth-order valence-electron chi connectivity index (χ4n) is 11.1. The van der Waals surface area contributed by atoms with Crippen molar-refractivity contribution in [1.29, 1.82) is 5.26 Å². The molecule has 0 radical (unpaired) electrons. The summed E-state index contributed by atoms with van der Waals surface area (Å²) in [6, 6.07) is 61.5. The maximum absolute atomic E-state index is 11.8. The van der Waals surface area contributed by atoms with Crippen LogP contribution in [0.3, 0.4) is 0 Å². The lowest BCUT2D eigenvalue weighted by Gasteiger charge is -2.20. The quantitative estimate of drug-likeness (QED) is 0.172. The van der Waals surface area contributed by atoms with Crippen LogP contribution < -0.4 is 0 Å². The molecule has 0 saturated carbocycles. The number of aromatic nitrogens is 4. The van der Waals surface area contributed by atoms with Crippen LogP contribution in [0.2, 0.25) is 0 Å². The van der Waals surface area contributed by atoms with Crippen LogP contribution in [0.15, 0.2) is 168 Å². The van der Waals surface area contributed by atoms with E-state index in [0.717, 1.165) is 83.1 Å². The fourth-order valence-corrected chi connectivity index (χ4v) is 11.1. The highest BCUT2D eigenvalue weighted by atomic mass is 16.3. The van der Waals surface area contributed by atoms with Crippen molar-refractivity contribution in [2.24, 2.45) is 0 Å². The van der Waals surface area contributed by atoms with E-state index in [1.165, 1.54) is 33.0 Å². The number of benzene rings is 8. The van der Waals surface area contributed by atoms with Gasteiger partial charge in [0.15, 0.2) is 11.4 Å². The Hall–Kier alpha value is -8.27. The summed E-state index contributed by atoms with van der Waals surface area (Å²) in [5.41, 5.74) is 16.5. The Morgan fingerprint density at radius 1 is 0.400 bits per heavy atom. The van der Waals surface area contributed by atoms with Gasteiger partial charge in [0, 0.05) is 38.1 Å². The molecular formula is C69H63N5O. The first-order valence-electron chi connectivity index (χ1n) is 26.3. The van der Waals surface area contributed by atoms with Gasteiger partial charge in [0.2, 0.25) is 0 Å². The minimum atomic E-state index is -0.0808. The molecule has 0 fully saturated rings. The molecule has 370 valence electrons. The van der Waals surface area contributed by atoms with Gasteiger partial charge < -0.3 is 13.6 Å². The summed E-state index contributed by atoms with van der Waals surface area (Å²) < 4.78 is 12.1. The summed E-state index contributed by atoms with van der Waals surface area (Å²) in [7, 11) is 0. The molecule has 0 spiro atoms. The van der Waals surface area contributed by atoms with E-state index in [0.29, 0.717) is 22.6 Å². The molecule has 4 aromatic heterocycles. The van der Waals surface area contributed by atoms with E-state index in [1.807, 2.05) is 42.5 Å². The molecule has 12 rings (SSSR count). The van der Waals surface area contributed by atoms with Crippen molar-refractivity contribution in [1.82, 2.24) is 19.1 Å². The fraction of sp³-hybridized carbons (Fsp3) is 0.232. The van der Waals surface area contributed by atoms with Crippen molar-refractivity contribution in [3.8, 4) is 51.3 Å². The zero-order valence-corrected chi connectivity index (χ0v) is 45.2. The molecule has 6 nitrogen and oxygen atoms in total. The Morgan fingerprint density at radius 2 is 0.800 bits per heavy atom. The smallest absolute Gasteiger partial charge is 0.164 e. The van der Waals surface area contributed by atoms with Crippen LogP contribution in [0.5, 0.6) is 0 Å². The van der Waals surface area contributed by atoms with Gasteiger partial charge in [-0.05, 0) is 111 Å². The second-order valence-corrected chi connectivity index (χ2v) is 24.7. The molecule has 0 N–H and O–H groups in total. The van der Waals surface area contributed by atoms with E-state index >= 15 is 0 Å². The van der Waals surface area contributed by atoms with Gasteiger partial charge in [0.1, 0.15) is 17.2 Å². The van der Waals surface area contributed by atoms with E-state index in [-0.39, 0.29) is 21.7 Å². The van der Waals surface area contributed by atoms with Crippen LogP contribution in [0.4, 0.5) is 0 Å². The lowest BCUT2D eigenvalue weighted by molar-refractivity contribution is 0.590. The highest BCUT2D eigenvalue weighted by Gasteiger charge is 2.30. The maximum Gasteiger partial charge on any atom is 0.164 e. The average molecular weight is 978 g/mol. The Morgan fingerprint density at radius 3 is 1.19 bits per heavy atom. The number of furan rings is 1. The summed E-state index contributed by atoms with van der Waals surface area (Å²) in [5.74, 6) is 0.535. The number of nitrogens with zero attached hydrogens (tertiary/aromatic N) is 5. The Balaban J connectivity index is 1.25. The third kappa shape index (κ3) is 7.91. The molecule has 0 amide bonds. The van der Waals surface area contributed by atoms with E-state index < -0.39 is 0 Å². The first kappa shape index (κ1) is 47.7.